The first-order valence-corrected chi connectivity index (χ1v) is 21.6. The van der Waals surface area contributed by atoms with Gasteiger partial charge in [0.05, 0.1) is 23.8 Å². The Morgan fingerprint density at radius 2 is 1.79 bits per heavy atom. The van der Waals surface area contributed by atoms with Crippen molar-refractivity contribution in [2.24, 2.45) is 22.7 Å². The molecule has 0 radical (unpaired) electrons. The van der Waals surface area contributed by atoms with Gasteiger partial charge in [-0.1, -0.05) is 70.9 Å². The minimum absolute atomic E-state index is 0.435. The number of aryl methyl sites for hydroxylation is 1. The minimum Gasteiger partial charge on any atom is -0.498 e. The van der Waals surface area contributed by atoms with E-state index in [1.165, 1.54) is 65.3 Å². The van der Waals surface area contributed by atoms with Crippen LogP contribution in [0.4, 0.5) is 0 Å². The van der Waals surface area contributed by atoms with E-state index in [0.717, 1.165) is 67.1 Å². The molecule has 9 rings (SSSR count). The van der Waals surface area contributed by atoms with E-state index in [2.05, 4.69) is 128 Å². The number of pyridine rings is 1. The van der Waals surface area contributed by atoms with Crippen LogP contribution < -0.4 is 21.3 Å². The van der Waals surface area contributed by atoms with E-state index >= 15 is 0 Å². The summed E-state index contributed by atoms with van der Waals surface area (Å²) in [6.45, 7) is 27.5. The number of thioether (sulfide) groups is 1. The van der Waals surface area contributed by atoms with Gasteiger partial charge < -0.3 is 30.9 Å². The smallest absolute Gasteiger partial charge is 0.0985 e. The lowest BCUT2D eigenvalue weighted by Gasteiger charge is -2.27. The van der Waals surface area contributed by atoms with Crippen molar-refractivity contribution in [1.29, 1.82) is 0 Å². The monoisotopic (exact) mass is 794 g/mol. The Morgan fingerprint density at radius 1 is 0.965 bits per heavy atom. The lowest BCUT2D eigenvalue weighted by atomic mass is 9.86. The third-order valence-corrected chi connectivity index (χ3v) is 11.0. The zero-order valence-corrected chi connectivity index (χ0v) is 36.8. The standard InChI is InChI=1S/C11H15N.C9H12N2.C6H8N2.C6H9N.C6H11N.C5H8O.C5H8S/c1-8-3-6-11-10(7-8)5-4-9(2)12-11;1-7-2-3-8-4-5-10-6-9(8)11-7;1-6-5-7-3-4-8(6)2;1-5-3-4-7-6(5)2;1-6-3-2-4-7-5-6;2*1-5-3-2-4-6-5/h4-5,8,12H,2-3,6-7H2,1H3;2-3,10H,4-6H2,1H3;3-5H,1H2,2H3;3-5,7H,2H2,1H3;2,4,6-7H,3,5H2,1H3;2,4-5H,3H2,1H3;3H,2,4H2,1H3/t8-;;;5-;6-;5-;/m0..010./s1. The zero-order valence-electron chi connectivity index (χ0n) is 35.9. The largest absolute Gasteiger partial charge is 0.498 e. The summed E-state index contributed by atoms with van der Waals surface area (Å²) >= 11 is 1.96. The molecule has 1 aromatic rings. The minimum atomic E-state index is 0.435. The number of fused-ring (bicyclic) bond motifs is 1. The first-order valence-electron chi connectivity index (χ1n) is 20.6. The van der Waals surface area contributed by atoms with Crippen LogP contribution in [0.15, 0.2) is 138 Å². The topological polar surface area (TPSA) is 85.8 Å². The van der Waals surface area contributed by atoms with Crippen LogP contribution >= 0.6 is 11.8 Å². The van der Waals surface area contributed by atoms with Crippen LogP contribution in [0.5, 0.6) is 0 Å². The molecule has 0 saturated carbocycles. The van der Waals surface area contributed by atoms with Gasteiger partial charge in [0, 0.05) is 79.6 Å². The highest BCUT2D eigenvalue weighted by atomic mass is 32.2. The first-order chi connectivity index (χ1) is 27.4. The highest BCUT2D eigenvalue weighted by molar-refractivity contribution is 8.03. The quantitative estimate of drug-likeness (QED) is 0.207. The maximum absolute atomic E-state index is 4.97. The number of rotatable bonds is 0. The lowest BCUT2D eigenvalue weighted by Crippen LogP contribution is -2.24. The maximum atomic E-state index is 4.97. The van der Waals surface area contributed by atoms with Crippen molar-refractivity contribution in [2.75, 3.05) is 25.9 Å². The number of aliphatic imine (C=N–C) groups is 1. The molecule has 0 bridgehead atoms. The van der Waals surface area contributed by atoms with Crippen molar-refractivity contribution in [3.63, 3.8) is 0 Å². The molecule has 7 aliphatic heterocycles. The van der Waals surface area contributed by atoms with E-state index in [4.69, 9.17) is 4.74 Å². The van der Waals surface area contributed by atoms with Gasteiger partial charge in [0.15, 0.2) is 0 Å². The second kappa shape index (κ2) is 26.4. The Labute approximate surface area is 350 Å². The van der Waals surface area contributed by atoms with Crippen molar-refractivity contribution in [2.45, 2.75) is 99.1 Å². The molecule has 4 N–H and O–H groups in total. The second-order valence-electron chi connectivity index (χ2n) is 15.5. The van der Waals surface area contributed by atoms with Crippen LogP contribution in [0.3, 0.4) is 0 Å². The fourth-order valence-corrected chi connectivity index (χ4v) is 6.91. The zero-order chi connectivity index (χ0) is 41.4. The Balaban J connectivity index is 0.000000181. The average Bonchev–Trinajstić information content (AvgIpc) is 3.99. The van der Waals surface area contributed by atoms with Gasteiger partial charge in [-0.15, -0.1) is 11.8 Å². The van der Waals surface area contributed by atoms with E-state index in [0.29, 0.717) is 12.0 Å². The number of hydrogen-bond donors (Lipinski definition) is 4. The summed E-state index contributed by atoms with van der Waals surface area (Å²) in [5, 5.41) is 12.8. The van der Waals surface area contributed by atoms with Crippen LogP contribution in [0.25, 0.3) is 0 Å². The molecule has 57 heavy (non-hydrogen) atoms. The Kier molecular flexibility index (Phi) is 21.8. The van der Waals surface area contributed by atoms with Crippen molar-refractivity contribution >= 4 is 18.0 Å². The SMILES string of the molecule is C=C1C=CC2=C(CC[C@H](C)C2)N1.C=C1C=NC=CN1C.C=C1NC=C[C@@H]1C.CC1=CCCS1.C[C@@H]1CC=CNC1.C[C@H]1CC=CO1.Cc1ccc2c(n1)CNCC2. The van der Waals surface area contributed by atoms with Crippen LogP contribution in [0.2, 0.25) is 0 Å². The number of allylic oxidation sites excluding steroid dienone is 9. The molecule has 0 saturated heterocycles. The van der Waals surface area contributed by atoms with E-state index in [-0.39, 0.29) is 0 Å². The number of nitrogens with zero attached hydrogens (tertiary/aromatic N) is 3. The van der Waals surface area contributed by atoms with Gasteiger partial charge in [-0.25, -0.2) is 0 Å². The fourth-order valence-electron chi connectivity index (χ4n) is 6.12. The molecule has 0 unspecified atom stereocenters. The van der Waals surface area contributed by atoms with Gasteiger partial charge in [0.1, 0.15) is 0 Å². The first kappa shape index (κ1) is 46.9. The molecule has 1 aliphatic carbocycles. The maximum Gasteiger partial charge on any atom is 0.0985 e. The second-order valence-corrected chi connectivity index (χ2v) is 16.8. The van der Waals surface area contributed by atoms with Gasteiger partial charge >= 0.3 is 0 Å². The van der Waals surface area contributed by atoms with Crippen LogP contribution in [-0.4, -0.2) is 48.1 Å². The normalized spacial score (nSPS) is 24.1. The van der Waals surface area contributed by atoms with Crippen molar-refractivity contribution < 1.29 is 4.74 Å². The number of dihydropyridines is 1. The summed E-state index contributed by atoms with van der Waals surface area (Å²) in [5.74, 6) is 3.53. The summed E-state index contributed by atoms with van der Waals surface area (Å²) in [6, 6.07) is 4.28. The summed E-state index contributed by atoms with van der Waals surface area (Å²) in [7, 11) is 1.93. The molecule has 0 fully saturated rings. The highest BCUT2D eigenvalue weighted by Gasteiger charge is 2.18. The Morgan fingerprint density at radius 3 is 2.28 bits per heavy atom. The van der Waals surface area contributed by atoms with E-state index in [1.807, 2.05) is 55.3 Å². The predicted octanol–water partition coefficient (Wildman–Crippen LogP) is 10.5. The van der Waals surface area contributed by atoms with Crippen molar-refractivity contribution in [1.82, 2.24) is 31.2 Å². The van der Waals surface area contributed by atoms with E-state index in [1.54, 1.807) is 18.7 Å². The molecule has 8 heterocycles. The summed E-state index contributed by atoms with van der Waals surface area (Å²) in [4.78, 5) is 11.7. The van der Waals surface area contributed by atoms with Gasteiger partial charge in [0.25, 0.3) is 0 Å². The molecule has 0 spiro atoms. The third kappa shape index (κ3) is 19.5. The molecule has 0 amide bonds. The van der Waals surface area contributed by atoms with Crippen molar-refractivity contribution in [3.05, 3.63) is 150 Å². The molecule has 9 heteroatoms. The number of aromatic nitrogens is 1. The van der Waals surface area contributed by atoms with Gasteiger partial charge in [0.2, 0.25) is 0 Å². The van der Waals surface area contributed by atoms with Gasteiger partial charge in [-0.05, 0) is 124 Å². The number of nitrogens with one attached hydrogen (secondary N) is 4. The van der Waals surface area contributed by atoms with Gasteiger partial charge in [-0.2, -0.15) is 0 Å². The van der Waals surface area contributed by atoms with Crippen LogP contribution in [0.1, 0.15) is 90.1 Å². The number of ether oxygens (including phenoxy) is 1. The van der Waals surface area contributed by atoms with Crippen LogP contribution in [0, 0.1) is 24.7 Å². The fraction of sp³-hybridized carbons (Fsp3) is 0.458. The molecule has 310 valence electrons. The molecule has 4 atom stereocenters. The molecule has 8 nitrogen and oxygen atoms in total. The Hall–Kier alpha value is -4.47. The average molecular weight is 794 g/mol. The molecular weight excluding hydrogens is 723 g/mol. The third-order valence-electron chi connectivity index (χ3n) is 9.96. The highest BCUT2D eigenvalue weighted by Crippen LogP contribution is 2.31. The van der Waals surface area contributed by atoms with E-state index in [9.17, 15) is 0 Å². The van der Waals surface area contributed by atoms with Crippen molar-refractivity contribution in [3.8, 4) is 0 Å². The molecule has 1 aromatic heterocycles. The summed E-state index contributed by atoms with van der Waals surface area (Å²) < 4.78 is 4.97. The Bertz CT molecular complexity index is 1690. The van der Waals surface area contributed by atoms with Crippen LogP contribution in [-0.2, 0) is 17.7 Å². The predicted molar refractivity (Wildman–Crippen MR) is 247 cm³/mol. The lowest BCUT2D eigenvalue weighted by molar-refractivity contribution is 0.189. The summed E-state index contributed by atoms with van der Waals surface area (Å²) in [6.07, 6.45) is 32.8. The molecule has 0 aromatic carbocycles. The van der Waals surface area contributed by atoms with Gasteiger partial charge in [-0.3, -0.25) is 9.98 Å². The molecule has 8 aliphatic rings. The molecular formula is C48H71N7OS. The number of hydrogen-bond acceptors (Lipinski definition) is 9. The van der Waals surface area contributed by atoms with E-state index < -0.39 is 0 Å². The summed E-state index contributed by atoms with van der Waals surface area (Å²) in [5.41, 5.74) is 9.70.